The molecule has 0 saturated carbocycles. The number of ether oxygens (including phenoxy) is 1. The van der Waals surface area contributed by atoms with Gasteiger partial charge in [0, 0.05) is 11.6 Å². The van der Waals surface area contributed by atoms with Crippen molar-refractivity contribution in [2.45, 2.75) is 52.5 Å². The van der Waals surface area contributed by atoms with Gasteiger partial charge in [0.1, 0.15) is 0 Å². The molecule has 3 nitrogen and oxygen atoms in total. The highest BCUT2D eigenvalue weighted by Gasteiger charge is 2.14. The first-order valence-corrected chi connectivity index (χ1v) is 6.67. The van der Waals surface area contributed by atoms with Crippen molar-refractivity contribution in [1.29, 1.82) is 0 Å². The summed E-state index contributed by atoms with van der Waals surface area (Å²) in [4.78, 5) is 11.8. The van der Waals surface area contributed by atoms with Gasteiger partial charge < -0.3 is 10.1 Å². The molecule has 3 heteroatoms. The topological polar surface area (TPSA) is 38.3 Å². The fourth-order valence-electron chi connectivity index (χ4n) is 1.94. The second-order valence-electron chi connectivity index (χ2n) is 5.27. The van der Waals surface area contributed by atoms with Crippen LogP contribution in [0, 0.1) is 5.92 Å². The molecule has 0 aliphatic carbocycles. The van der Waals surface area contributed by atoms with Gasteiger partial charge in [0.15, 0.2) is 0 Å². The minimum absolute atomic E-state index is 0.0433. The van der Waals surface area contributed by atoms with Crippen LogP contribution in [0.3, 0.4) is 0 Å². The van der Waals surface area contributed by atoms with E-state index in [1.165, 1.54) is 12.8 Å². The summed E-state index contributed by atoms with van der Waals surface area (Å²) in [5.41, 5.74) is 0.784. The van der Waals surface area contributed by atoms with Crippen LogP contribution in [-0.2, 0) is 9.53 Å². The van der Waals surface area contributed by atoms with Crippen LogP contribution in [0.15, 0.2) is 11.6 Å². The van der Waals surface area contributed by atoms with Crippen molar-refractivity contribution in [3.05, 3.63) is 11.6 Å². The molecule has 1 atom stereocenters. The molecule has 0 radical (unpaired) electrons. The average molecular weight is 239 g/mol. The Balaban J connectivity index is 2.23. The number of hydrogen-bond donors (Lipinski definition) is 1. The van der Waals surface area contributed by atoms with Gasteiger partial charge in [-0.1, -0.05) is 32.8 Å². The minimum atomic E-state index is 0.0433. The molecule has 98 valence electrons. The number of amides is 1. The van der Waals surface area contributed by atoms with Crippen molar-refractivity contribution < 1.29 is 9.53 Å². The highest BCUT2D eigenvalue weighted by molar-refractivity contribution is 5.93. The third kappa shape index (κ3) is 5.87. The number of nitrogens with one attached hydrogen (secondary N) is 1. The summed E-state index contributed by atoms with van der Waals surface area (Å²) in [5, 5.41) is 3.04. The Bertz CT molecular complexity index is 271. The van der Waals surface area contributed by atoms with E-state index in [-0.39, 0.29) is 11.9 Å². The molecule has 1 heterocycles. The average Bonchev–Trinajstić information content (AvgIpc) is 2.29. The molecule has 1 aliphatic heterocycles. The Kier molecular flexibility index (Phi) is 6.27. The zero-order valence-electron chi connectivity index (χ0n) is 11.3. The fourth-order valence-corrected chi connectivity index (χ4v) is 1.94. The van der Waals surface area contributed by atoms with Crippen molar-refractivity contribution in [3.63, 3.8) is 0 Å². The molecule has 1 unspecified atom stereocenters. The molecule has 17 heavy (non-hydrogen) atoms. The predicted octanol–water partition coefficient (Wildman–Crippen LogP) is 2.66. The summed E-state index contributed by atoms with van der Waals surface area (Å²) in [6.07, 6.45) is 6.29. The molecule has 1 N–H and O–H groups in total. The number of rotatable bonds is 6. The maximum atomic E-state index is 11.8. The Hall–Kier alpha value is -0.830. The summed E-state index contributed by atoms with van der Waals surface area (Å²) in [6.45, 7) is 7.73. The highest BCUT2D eigenvalue weighted by atomic mass is 16.5. The van der Waals surface area contributed by atoms with Gasteiger partial charge in [0.2, 0.25) is 5.91 Å². The van der Waals surface area contributed by atoms with E-state index in [4.69, 9.17) is 4.74 Å². The lowest BCUT2D eigenvalue weighted by Gasteiger charge is -2.18. The maximum absolute atomic E-state index is 11.8. The van der Waals surface area contributed by atoms with Gasteiger partial charge in [0.05, 0.1) is 13.2 Å². The summed E-state index contributed by atoms with van der Waals surface area (Å²) in [5.74, 6) is 0.786. The molecule has 1 aliphatic rings. The van der Waals surface area contributed by atoms with E-state index < -0.39 is 0 Å². The molecule has 1 rings (SSSR count). The normalized spacial score (nSPS) is 17.8. The van der Waals surface area contributed by atoms with Crippen LogP contribution < -0.4 is 5.32 Å². The van der Waals surface area contributed by atoms with Crippen LogP contribution in [-0.4, -0.2) is 25.2 Å². The Morgan fingerprint density at radius 2 is 2.18 bits per heavy atom. The van der Waals surface area contributed by atoms with Crippen LogP contribution in [0.1, 0.15) is 46.5 Å². The van der Waals surface area contributed by atoms with Gasteiger partial charge in [-0.15, -0.1) is 0 Å². The van der Waals surface area contributed by atoms with E-state index in [0.717, 1.165) is 30.9 Å². The van der Waals surface area contributed by atoms with Gasteiger partial charge in [-0.05, 0) is 25.7 Å². The predicted molar refractivity (Wildman–Crippen MR) is 69.8 cm³/mol. The van der Waals surface area contributed by atoms with E-state index in [1.807, 2.05) is 6.08 Å². The molecular weight excluding hydrogens is 214 g/mol. The van der Waals surface area contributed by atoms with Crippen LogP contribution in [0.5, 0.6) is 0 Å². The van der Waals surface area contributed by atoms with Gasteiger partial charge in [-0.2, -0.15) is 0 Å². The van der Waals surface area contributed by atoms with E-state index in [9.17, 15) is 4.79 Å². The SMILES string of the molecule is CC(C)CCCC(C)NC(=O)C1=CCCOC1. The fraction of sp³-hybridized carbons (Fsp3) is 0.786. The molecule has 0 spiro atoms. The smallest absolute Gasteiger partial charge is 0.249 e. The zero-order valence-corrected chi connectivity index (χ0v) is 11.3. The highest BCUT2D eigenvalue weighted by Crippen LogP contribution is 2.10. The molecule has 0 aromatic rings. The summed E-state index contributed by atoms with van der Waals surface area (Å²) in [6, 6.07) is 0.254. The largest absolute Gasteiger partial charge is 0.376 e. The van der Waals surface area contributed by atoms with Gasteiger partial charge in [-0.3, -0.25) is 4.79 Å². The van der Waals surface area contributed by atoms with E-state index >= 15 is 0 Å². The van der Waals surface area contributed by atoms with Gasteiger partial charge in [-0.25, -0.2) is 0 Å². The third-order valence-corrected chi connectivity index (χ3v) is 3.00. The Morgan fingerprint density at radius 1 is 1.41 bits per heavy atom. The second-order valence-corrected chi connectivity index (χ2v) is 5.27. The number of carbonyl (C=O) groups is 1. The second kappa shape index (κ2) is 7.49. The lowest BCUT2D eigenvalue weighted by atomic mass is 10.0. The monoisotopic (exact) mass is 239 g/mol. The summed E-state index contributed by atoms with van der Waals surface area (Å²) >= 11 is 0. The molecule has 0 aromatic carbocycles. The van der Waals surface area contributed by atoms with E-state index in [0.29, 0.717) is 6.61 Å². The first-order valence-electron chi connectivity index (χ1n) is 6.67. The summed E-state index contributed by atoms with van der Waals surface area (Å²) < 4.78 is 5.27. The standard InChI is InChI=1S/C14H25NO2/c1-11(2)6-4-7-12(3)15-14(16)13-8-5-9-17-10-13/h8,11-12H,4-7,9-10H2,1-3H3,(H,15,16). The van der Waals surface area contributed by atoms with E-state index in [2.05, 4.69) is 26.1 Å². The van der Waals surface area contributed by atoms with Crippen molar-refractivity contribution in [2.24, 2.45) is 5.92 Å². The van der Waals surface area contributed by atoms with Crippen molar-refractivity contribution in [2.75, 3.05) is 13.2 Å². The van der Waals surface area contributed by atoms with Crippen molar-refractivity contribution >= 4 is 5.91 Å². The molecule has 0 fully saturated rings. The van der Waals surface area contributed by atoms with Crippen LogP contribution >= 0.6 is 0 Å². The lowest BCUT2D eigenvalue weighted by Crippen LogP contribution is -2.35. The third-order valence-electron chi connectivity index (χ3n) is 3.00. The minimum Gasteiger partial charge on any atom is -0.376 e. The summed E-state index contributed by atoms with van der Waals surface area (Å²) in [7, 11) is 0. The molecule has 0 aromatic heterocycles. The number of hydrogen-bond acceptors (Lipinski definition) is 2. The van der Waals surface area contributed by atoms with Crippen LogP contribution in [0.4, 0.5) is 0 Å². The number of carbonyl (C=O) groups excluding carboxylic acids is 1. The van der Waals surface area contributed by atoms with Crippen LogP contribution in [0.25, 0.3) is 0 Å². The molecule has 0 saturated heterocycles. The zero-order chi connectivity index (χ0) is 12.7. The quantitative estimate of drug-likeness (QED) is 0.774. The van der Waals surface area contributed by atoms with Gasteiger partial charge in [0.25, 0.3) is 0 Å². The van der Waals surface area contributed by atoms with E-state index in [1.54, 1.807) is 0 Å². The molecular formula is C14H25NO2. The Labute approximate surface area is 105 Å². The lowest BCUT2D eigenvalue weighted by molar-refractivity contribution is -0.118. The molecule has 0 bridgehead atoms. The van der Waals surface area contributed by atoms with Gasteiger partial charge >= 0.3 is 0 Å². The first-order chi connectivity index (χ1) is 8.09. The van der Waals surface area contributed by atoms with Crippen molar-refractivity contribution in [1.82, 2.24) is 5.32 Å². The first kappa shape index (κ1) is 14.2. The van der Waals surface area contributed by atoms with Crippen molar-refractivity contribution in [3.8, 4) is 0 Å². The van der Waals surface area contributed by atoms with Crippen LogP contribution in [0.2, 0.25) is 0 Å². The molecule has 1 amide bonds. The maximum Gasteiger partial charge on any atom is 0.249 e. The Morgan fingerprint density at radius 3 is 2.76 bits per heavy atom.